The molecule has 1 atom stereocenters. The summed E-state index contributed by atoms with van der Waals surface area (Å²) in [5.41, 5.74) is 6.91. The number of nitrogens with two attached hydrogens (primary N) is 1. The minimum absolute atomic E-state index is 0.0653. The van der Waals surface area contributed by atoms with Crippen molar-refractivity contribution < 1.29 is 9.18 Å². The molecule has 0 radical (unpaired) electrons. The molecule has 3 aromatic rings. The van der Waals surface area contributed by atoms with E-state index in [1.165, 1.54) is 42.7 Å². The molecule has 1 aliphatic rings. The number of anilines is 1. The maximum absolute atomic E-state index is 13.6. The number of ketones is 1. The highest BCUT2D eigenvalue weighted by molar-refractivity contribution is 7.09. The molecule has 0 saturated heterocycles. The lowest BCUT2D eigenvalue weighted by molar-refractivity contribution is -0.122. The molecule has 2 heterocycles. The fourth-order valence-electron chi connectivity index (χ4n) is 4.04. The van der Waals surface area contributed by atoms with Crippen molar-refractivity contribution in [1.29, 1.82) is 0 Å². The monoisotopic (exact) mass is 386 g/mol. The normalized spacial score (nSPS) is 16.6. The van der Waals surface area contributed by atoms with E-state index in [1.54, 1.807) is 16.9 Å². The molecule has 142 valence electrons. The van der Waals surface area contributed by atoms with Gasteiger partial charge < -0.3 is 5.73 Å². The SMILES string of the molecule is Nc1c2cc(F)ccc2nn1C(CC1CCCCC1)C(=O)Cc1nccs1. The first-order valence-electron chi connectivity index (χ1n) is 9.46. The van der Waals surface area contributed by atoms with E-state index in [0.717, 1.165) is 24.3 Å². The van der Waals surface area contributed by atoms with Crippen molar-refractivity contribution in [2.24, 2.45) is 5.92 Å². The fraction of sp³-hybridized carbons (Fsp3) is 0.450. The van der Waals surface area contributed by atoms with Gasteiger partial charge in [-0.25, -0.2) is 14.1 Å². The van der Waals surface area contributed by atoms with Crippen LogP contribution in [0.5, 0.6) is 0 Å². The van der Waals surface area contributed by atoms with Gasteiger partial charge in [-0.15, -0.1) is 11.3 Å². The van der Waals surface area contributed by atoms with E-state index >= 15 is 0 Å². The molecule has 0 bridgehead atoms. The number of nitrogen functional groups attached to an aromatic ring is 1. The van der Waals surface area contributed by atoms with E-state index in [4.69, 9.17) is 5.73 Å². The van der Waals surface area contributed by atoms with E-state index in [2.05, 4.69) is 10.1 Å². The summed E-state index contributed by atoms with van der Waals surface area (Å²) in [5, 5.41) is 7.79. The minimum atomic E-state index is -0.438. The average molecular weight is 386 g/mol. The molecule has 1 aromatic carbocycles. The second kappa shape index (κ2) is 7.76. The molecule has 5 nitrogen and oxygen atoms in total. The van der Waals surface area contributed by atoms with Crippen LogP contribution < -0.4 is 5.73 Å². The molecule has 1 unspecified atom stereocenters. The number of carbonyl (C=O) groups is 1. The van der Waals surface area contributed by atoms with Crippen molar-refractivity contribution in [3.8, 4) is 0 Å². The molecule has 0 amide bonds. The van der Waals surface area contributed by atoms with Gasteiger partial charge in [0.15, 0.2) is 5.78 Å². The predicted molar refractivity (Wildman–Crippen MR) is 105 cm³/mol. The summed E-state index contributed by atoms with van der Waals surface area (Å²) in [4.78, 5) is 17.4. The summed E-state index contributed by atoms with van der Waals surface area (Å²) in [6.07, 6.45) is 8.67. The third kappa shape index (κ3) is 3.88. The van der Waals surface area contributed by atoms with Crippen LogP contribution in [0.3, 0.4) is 0 Å². The molecule has 2 N–H and O–H groups in total. The molecular formula is C20H23FN4OS. The van der Waals surface area contributed by atoms with Crippen LogP contribution >= 0.6 is 11.3 Å². The van der Waals surface area contributed by atoms with Crippen LogP contribution in [0, 0.1) is 11.7 Å². The van der Waals surface area contributed by atoms with Crippen molar-refractivity contribution in [1.82, 2.24) is 14.8 Å². The fourth-order valence-corrected chi connectivity index (χ4v) is 4.67. The van der Waals surface area contributed by atoms with Gasteiger partial charge in [-0.3, -0.25) is 4.79 Å². The maximum Gasteiger partial charge on any atom is 0.164 e. The zero-order valence-corrected chi connectivity index (χ0v) is 15.9. The van der Waals surface area contributed by atoms with Gasteiger partial charge in [0.1, 0.15) is 17.7 Å². The summed E-state index contributed by atoms with van der Waals surface area (Å²) >= 11 is 1.48. The van der Waals surface area contributed by atoms with E-state index in [9.17, 15) is 9.18 Å². The summed E-state index contributed by atoms with van der Waals surface area (Å²) in [6, 6.07) is 3.93. The van der Waals surface area contributed by atoms with Crippen molar-refractivity contribution in [3.05, 3.63) is 40.6 Å². The molecule has 27 heavy (non-hydrogen) atoms. The number of halogens is 1. The van der Waals surface area contributed by atoms with Gasteiger partial charge in [-0.1, -0.05) is 32.1 Å². The van der Waals surface area contributed by atoms with Gasteiger partial charge in [0.05, 0.1) is 16.9 Å². The van der Waals surface area contributed by atoms with Crippen molar-refractivity contribution in [3.63, 3.8) is 0 Å². The van der Waals surface area contributed by atoms with Crippen LogP contribution in [-0.4, -0.2) is 20.5 Å². The van der Waals surface area contributed by atoms with Crippen LogP contribution in [0.4, 0.5) is 10.2 Å². The van der Waals surface area contributed by atoms with E-state index in [1.807, 2.05) is 5.38 Å². The van der Waals surface area contributed by atoms with E-state index in [-0.39, 0.29) is 18.0 Å². The number of hydrogen-bond acceptors (Lipinski definition) is 5. The number of Topliss-reactive ketones (excluding diaryl/α,β-unsaturated/α-hetero) is 1. The summed E-state index contributed by atoms with van der Waals surface area (Å²) < 4.78 is 15.3. The lowest BCUT2D eigenvalue weighted by Gasteiger charge is -2.26. The molecule has 2 aromatic heterocycles. The number of rotatable bonds is 6. The highest BCUT2D eigenvalue weighted by atomic mass is 32.1. The smallest absolute Gasteiger partial charge is 0.164 e. The topological polar surface area (TPSA) is 73.8 Å². The lowest BCUT2D eigenvalue weighted by Crippen LogP contribution is -2.26. The van der Waals surface area contributed by atoms with Crippen LogP contribution in [0.1, 0.15) is 49.6 Å². The number of benzene rings is 1. The van der Waals surface area contributed by atoms with E-state index in [0.29, 0.717) is 22.6 Å². The van der Waals surface area contributed by atoms with E-state index < -0.39 is 6.04 Å². The van der Waals surface area contributed by atoms with Crippen LogP contribution in [0.25, 0.3) is 10.9 Å². The van der Waals surface area contributed by atoms with Crippen molar-refractivity contribution >= 4 is 33.8 Å². The Kier molecular flexibility index (Phi) is 5.20. The lowest BCUT2D eigenvalue weighted by atomic mass is 9.83. The third-order valence-corrected chi connectivity index (χ3v) is 6.23. The summed E-state index contributed by atoms with van der Waals surface area (Å²) in [5.74, 6) is 0.562. The number of aromatic nitrogens is 3. The Balaban J connectivity index is 1.68. The first-order chi connectivity index (χ1) is 13.1. The molecule has 1 aliphatic carbocycles. The second-order valence-corrected chi connectivity index (χ2v) is 8.29. The minimum Gasteiger partial charge on any atom is -0.383 e. The Morgan fingerprint density at radius 1 is 1.33 bits per heavy atom. The maximum atomic E-state index is 13.6. The van der Waals surface area contributed by atoms with Crippen LogP contribution in [0.2, 0.25) is 0 Å². The standard InChI is InChI=1S/C20H23FN4OS/c21-14-6-7-16-15(11-14)20(22)25(24-16)17(10-13-4-2-1-3-5-13)18(26)12-19-23-8-9-27-19/h6-9,11,13,17H,1-5,10,12,22H2. The molecule has 7 heteroatoms. The largest absolute Gasteiger partial charge is 0.383 e. The number of fused-ring (bicyclic) bond motifs is 1. The first-order valence-corrected chi connectivity index (χ1v) is 10.3. The Morgan fingerprint density at radius 3 is 2.89 bits per heavy atom. The molecule has 1 saturated carbocycles. The number of hydrogen-bond donors (Lipinski definition) is 1. The van der Waals surface area contributed by atoms with Crippen LogP contribution in [-0.2, 0) is 11.2 Å². The third-order valence-electron chi connectivity index (χ3n) is 5.45. The highest BCUT2D eigenvalue weighted by Crippen LogP contribution is 2.34. The number of nitrogens with zero attached hydrogens (tertiary/aromatic N) is 3. The summed E-state index contributed by atoms with van der Waals surface area (Å²) in [7, 11) is 0. The predicted octanol–water partition coefficient (Wildman–Crippen LogP) is 4.54. The first kappa shape index (κ1) is 18.1. The Labute approximate surface area is 161 Å². The van der Waals surface area contributed by atoms with Gasteiger partial charge in [0, 0.05) is 17.0 Å². The molecular weight excluding hydrogens is 363 g/mol. The number of carbonyl (C=O) groups excluding carboxylic acids is 1. The quantitative estimate of drug-likeness (QED) is 0.675. The second-order valence-electron chi connectivity index (χ2n) is 7.32. The molecule has 4 rings (SSSR count). The van der Waals surface area contributed by atoms with Gasteiger partial charge in [-0.2, -0.15) is 5.10 Å². The zero-order chi connectivity index (χ0) is 18.8. The Hall–Kier alpha value is -2.28. The number of thiazole rings is 1. The van der Waals surface area contributed by atoms with Gasteiger partial charge in [0.2, 0.25) is 0 Å². The zero-order valence-electron chi connectivity index (χ0n) is 15.1. The Morgan fingerprint density at radius 2 is 2.15 bits per heavy atom. The summed E-state index contributed by atoms with van der Waals surface area (Å²) in [6.45, 7) is 0. The van der Waals surface area contributed by atoms with Crippen molar-refractivity contribution in [2.75, 3.05) is 5.73 Å². The molecule has 0 aliphatic heterocycles. The average Bonchev–Trinajstić information content (AvgIpc) is 3.29. The van der Waals surface area contributed by atoms with Crippen LogP contribution in [0.15, 0.2) is 29.8 Å². The van der Waals surface area contributed by atoms with Gasteiger partial charge in [-0.05, 0) is 30.5 Å². The molecule has 1 fully saturated rings. The highest BCUT2D eigenvalue weighted by Gasteiger charge is 2.29. The van der Waals surface area contributed by atoms with Gasteiger partial charge >= 0.3 is 0 Å². The van der Waals surface area contributed by atoms with Crippen molar-refractivity contribution in [2.45, 2.75) is 51.0 Å². The van der Waals surface area contributed by atoms with Gasteiger partial charge in [0.25, 0.3) is 0 Å². The Bertz CT molecular complexity index is 931. The molecule has 0 spiro atoms.